The predicted octanol–water partition coefficient (Wildman–Crippen LogP) is 0.974. The number of rotatable bonds is 4. The molecule has 1 heterocycles. The summed E-state index contributed by atoms with van der Waals surface area (Å²) < 4.78 is 1.43. The Bertz CT molecular complexity index is 584. The summed E-state index contributed by atoms with van der Waals surface area (Å²) in [6, 6.07) is 9.55. The van der Waals surface area contributed by atoms with Crippen LogP contribution in [-0.2, 0) is 6.54 Å². The highest BCUT2D eigenvalue weighted by Gasteiger charge is 2.13. The molecule has 0 saturated heterocycles. The molecule has 0 aliphatic carbocycles. The summed E-state index contributed by atoms with van der Waals surface area (Å²) in [6.07, 6.45) is 1.44. The van der Waals surface area contributed by atoms with Crippen LogP contribution in [0, 0.1) is 0 Å². The number of aromatic amines is 1. The third-order valence-corrected chi connectivity index (χ3v) is 2.62. The van der Waals surface area contributed by atoms with E-state index in [1.165, 1.54) is 10.8 Å². The van der Waals surface area contributed by atoms with Crippen molar-refractivity contribution < 1.29 is 4.79 Å². The summed E-state index contributed by atoms with van der Waals surface area (Å²) >= 11 is 0. The number of aromatic nitrogens is 2. The molecule has 0 radical (unpaired) electrons. The van der Waals surface area contributed by atoms with E-state index in [4.69, 9.17) is 0 Å². The quantitative estimate of drug-likeness (QED) is 0.843. The molecule has 0 saturated carbocycles. The molecule has 1 aromatic carbocycles. The van der Waals surface area contributed by atoms with E-state index in [1.807, 2.05) is 37.3 Å². The highest BCUT2D eigenvalue weighted by atomic mass is 16.2. The van der Waals surface area contributed by atoms with E-state index in [9.17, 15) is 9.59 Å². The number of amides is 1. The van der Waals surface area contributed by atoms with Gasteiger partial charge in [0.2, 0.25) is 0 Å². The monoisotopic (exact) mass is 245 g/mol. The molecular weight excluding hydrogens is 230 g/mol. The lowest BCUT2D eigenvalue weighted by molar-refractivity contribution is 0.0946. The number of H-pyrrole nitrogens is 1. The van der Waals surface area contributed by atoms with Gasteiger partial charge in [-0.05, 0) is 12.5 Å². The molecule has 0 bridgehead atoms. The van der Waals surface area contributed by atoms with Gasteiger partial charge in [0.1, 0.15) is 5.69 Å². The summed E-state index contributed by atoms with van der Waals surface area (Å²) in [6.45, 7) is 2.75. The van der Waals surface area contributed by atoms with Crippen molar-refractivity contribution in [3.05, 3.63) is 58.3 Å². The molecule has 0 atom stereocenters. The Labute approximate surface area is 104 Å². The lowest BCUT2D eigenvalue weighted by atomic mass is 10.2. The zero-order valence-electron chi connectivity index (χ0n) is 10.1. The smallest absolute Gasteiger partial charge is 0.326 e. The first kappa shape index (κ1) is 12.2. The first-order valence-corrected chi connectivity index (χ1v) is 5.82. The van der Waals surface area contributed by atoms with Crippen molar-refractivity contribution in [3.8, 4) is 0 Å². The summed E-state index contributed by atoms with van der Waals surface area (Å²) in [7, 11) is 0. The Morgan fingerprint density at radius 3 is 2.72 bits per heavy atom. The fourth-order valence-electron chi connectivity index (χ4n) is 1.76. The van der Waals surface area contributed by atoms with Gasteiger partial charge in [-0.15, -0.1) is 0 Å². The SMILES string of the molecule is CCNC(=O)c1c[nH]c(=O)n1Cc1ccccc1. The van der Waals surface area contributed by atoms with Gasteiger partial charge in [-0.25, -0.2) is 4.79 Å². The van der Waals surface area contributed by atoms with Gasteiger partial charge in [0, 0.05) is 12.7 Å². The van der Waals surface area contributed by atoms with Crippen LogP contribution in [0.1, 0.15) is 23.0 Å². The lowest BCUT2D eigenvalue weighted by Crippen LogP contribution is -2.29. The van der Waals surface area contributed by atoms with Crippen molar-refractivity contribution in [2.24, 2.45) is 0 Å². The van der Waals surface area contributed by atoms with Crippen molar-refractivity contribution >= 4 is 5.91 Å². The maximum Gasteiger partial charge on any atom is 0.326 e. The first-order chi connectivity index (χ1) is 8.72. The zero-order valence-corrected chi connectivity index (χ0v) is 10.1. The molecule has 1 aromatic heterocycles. The van der Waals surface area contributed by atoms with Crippen LogP contribution in [0.4, 0.5) is 0 Å². The van der Waals surface area contributed by atoms with Gasteiger partial charge in [0.15, 0.2) is 0 Å². The normalized spacial score (nSPS) is 10.3. The van der Waals surface area contributed by atoms with Crippen molar-refractivity contribution in [1.29, 1.82) is 0 Å². The Morgan fingerprint density at radius 2 is 2.06 bits per heavy atom. The fraction of sp³-hybridized carbons (Fsp3) is 0.231. The number of nitrogens with zero attached hydrogens (tertiary/aromatic N) is 1. The molecule has 0 aliphatic heterocycles. The van der Waals surface area contributed by atoms with Gasteiger partial charge in [-0.1, -0.05) is 30.3 Å². The Kier molecular flexibility index (Phi) is 3.62. The summed E-state index contributed by atoms with van der Waals surface area (Å²) in [5.74, 6) is -0.244. The van der Waals surface area contributed by atoms with Crippen LogP contribution in [0.3, 0.4) is 0 Å². The fourth-order valence-corrected chi connectivity index (χ4v) is 1.76. The largest absolute Gasteiger partial charge is 0.351 e. The number of nitrogens with one attached hydrogen (secondary N) is 2. The highest BCUT2D eigenvalue weighted by Crippen LogP contribution is 2.03. The van der Waals surface area contributed by atoms with Gasteiger partial charge < -0.3 is 10.3 Å². The predicted molar refractivity (Wildman–Crippen MR) is 68.6 cm³/mol. The van der Waals surface area contributed by atoms with Crippen LogP contribution in [0.25, 0.3) is 0 Å². The van der Waals surface area contributed by atoms with Gasteiger partial charge in [0.25, 0.3) is 5.91 Å². The number of carbonyl (C=O) groups is 1. The minimum atomic E-state index is -0.278. The maximum atomic E-state index is 11.8. The third kappa shape index (κ3) is 2.51. The second-order valence-electron chi connectivity index (χ2n) is 3.91. The molecule has 2 aromatic rings. The summed E-state index contributed by atoms with van der Waals surface area (Å²) in [5, 5.41) is 2.68. The van der Waals surface area contributed by atoms with E-state index in [1.54, 1.807) is 0 Å². The first-order valence-electron chi connectivity index (χ1n) is 5.82. The van der Waals surface area contributed by atoms with Crippen molar-refractivity contribution in [3.63, 3.8) is 0 Å². The van der Waals surface area contributed by atoms with Gasteiger partial charge in [0.05, 0.1) is 6.54 Å². The minimum absolute atomic E-state index is 0.244. The molecule has 2 rings (SSSR count). The van der Waals surface area contributed by atoms with Crippen LogP contribution in [0.15, 0.2) is 41.3 Å². The van der Waals surface area contributed by atoms with Crippen LogP contribution >= 0.6 is 0 Å². The van der Waals surface area contributed by atoms with Gasteiger partial charge in [-0.3, -0.25) is 9.36 Å². The van der Waals surface area contributed by atoms with Crippen molar-refractivity contribution in [2.45, 2.75) is 13.5 Å². The van der Waals surface area contributed by atoms with E-state index in [2.05, 4.69) is 10.3 Å². The van der Waals surface area contributed by atoms with E-state index in [-0.39, 0.29) is 11.6 Å². The Morgan fingerprint density at radius 1 is 1.33 bits per heavy atom. The maximum absolute atomic E-state index is 11.8. The van der Waals surface area contributed by atoms with Crippen LogP contribution in [-0.4, -0.2) is 22.0 Å². The Hall–Kier alpha value is -2.30. The number of imidazole rings is 1. The zero-order chi connectivity index (χ0) is 13.0. The molecule has 0 unspecified atom stereocenters. The molecule has 18 heavy (non-hydrogen) atoms. The van der Waals surface area contributed by atoms with Crippen LogP contribution < -0.4 is 11.0 Å². The third-order valence-electron chi connectivity index (χ3n) is 2.62. The van der Waals surface area contributed by atoms with Crippen molar-refractivity contribution in [2.75, 3.05) is 6.54 Å². The number of carbonyl (C=O) groups excluding carboxylic acids is 1. The molecule has 5 nitrogen and oxygen atoms in total. The molecule has 94 valence electrons. The average Bonchev–Trinajstić information content (AvgIpc) is 2.73. The molecule has 0 aliphatic rings. The standard InChI is InChI=1S/C13H15N3O2/c1-2-14-12(17)11-8-15-13(18)16(11)9-10-6-4-3-5-7-10/h3-8H,2,9H2,1H3,(H,14,17)(H,15,18). The Balaban J connectivity index is 2.30. The minimum Gasteiger partial charge on any atom is -0.351 e. The average molecular weight is 245 g/mol. The second kappa shape index (κ2) is 5.35. The van der Waals surface area contributed by atoms with Crippen LogP contribution in [0.2, 0.25) is 0 Å². The molecule has 2 N–H and O–H groups in total. The van der Waals surface area contributed by atoms with Crippen molar-refractivity contribution in [1.82, 2.24) is 14.9 Å². The molecular formula is C13H15N3O2. The molecule has 0 fully saturated rings. The van der Waals surface area contributed by atoms with Gasteiger partial charge >= 0.3 is 5.69 Å². The van der Waals surface area contributed by atoms with E-state index >= 15 is 0 Å². The molecule has 5 heteroatoms. The second-order valence-corrected chi connectivity index (χ2v) is 3.91. The van der Waals surface area contributed by atoms with E-state index < -0.39 is 0 Å². The highest BCUT2D eigenvalue weighted by molar-refractivity contribution is 5.92. The summed E-state index contributed by atoms with van der Waals surface area (Å²) in [5.41, 5.74) is 1.05. The molecule has 1 amide bonds. The molecule has 0 spiro atoms. The van der Waals surface area contributed by atoms with Gasteiger partial charge in [-0.2, -0.15) is 0 Å². The van der Waals surface area contributed by atoms with E-state index in [0.717, 1.165) is 5.56 Å². The summed E-state index contributed by atoms with van der Waals surface area (Å²) in [4.78, 5) is 26.0. The van der Waals surface area contributed by atoms with E-state index in [0.29, 0.717) is 18.8 Å². The number of hydrogen-bond donors (Lipinski definition) is 2. The number of hydrogen-bond acceptors (Lipinski definition) is 2. The lowest BCUT2D eigenvalue weighted by Gasteiger charge is -2.07. The number of benzene rings is 1. The van der Waals surface area contributed by atoms with Crippen LogP contribution in [0.5, 0.6) is 0 Å². The topological polar surface area (TPSA) is 66.9 Å².